The van der Waals surface area contributed by atoms with Crippen molar-refractivity contribution >= 4 is 33.1 Å². The number of benzene rings is 2. The van der Waals surface area contributed by atoms with E-state index >= 15 is 0 Å². The van der Waals surface area contributed by atoms with Crippen molar-refractivity contribution in [1.82, 2.24) is 20.0 Å². The van der Waals surface area contributed by atoms with E-state index in [1.807, 2.05) is 54.1 Å². The van der Waals surface area contributed by atoms with Gasteiger partial charge in [-0.05, 0) is 43.8 Å². The van der Waals surface area contributed by atoms with E-state index in [9.17, 15) is 4.79 Å². The number of carbonyl (C=O) groups is 1. The molecule has 1 fully saturated rings. The summed E-state index contributed by atoms with van der Waals surface area (Å²) in [4.78, 5) is 19.5. The van der Waals surface area contributed by atoms with Gasteiger partial charge < -0.3 is 15.1 Å². The van der Waals surface area contributed by atoms with Gasteiger partial charge in [-0.2, -0.15) is 5.10 Å². The first-order valence-electron chi connectivity index (χ1n) is 10.9. The molecule has 0 saturated carbocycles. The number of hydrogen-bond donors (Lipinski definition) is 1. The fourth-order valence-corrected chi connectivity index (χ4v) is 5.28. The number of anilines is 1. The van der Waals surface area contributed by atoms with Gasteiger partial charge in [0.2, 0.25) is 0 Å². The number of likely N-dealkylation sites (N-methyl/N-ethyl adjacent to an activating group) is 1. The molecule has 0 aliphatic carbocycles. The van der Waals surface area contributed by atoms with Crippen molar-refractivity contribution in [2.45, 2.75) is 13.5 Å². The van der Waals surface area contributed by atoms with E-state index < -0.39 is 0 Å². The second kappa shape index (κ2) is 8.76. The number of aromatic nitrogens is 2. The SMILES string of the molecule is Cc1nn(-c2ccccc2)c2sc(C(=O)NCc3ccccc3N3CCN(C)CC3)cc12. The summed E-state index contributed by atoms with van der Waals surface area (Å²) < 4.78 is 1.93. The van der Waals surface area contributed by atoms with E-state index in [0.717, 1.165) is 53.3 Å². The van der Waals surface area contributed by atoms with Crippen molar-refractivity contribution in [3.8, 4) is 5.69 Å². The number of nitrogens with one attached hydrogen (secondary N) is 1. The molecule has 2 aromatic heterocycles. The topological polar surface area (TPSA) is 53.4 Å². The summed E-state index contributed by atoms with van der Waals surface area (Å²) in [5, 5.41) is 8.84. The van der Waals surface area contributed by atoms with Crippen molar-refractivity contribution in [3.63, 3.8) is 0 Å². The van der Waals surface area contributed by atoms with Gasteiger partial charge in [-0.15, -0.1) is 11.3 Å². The second-order valence-electron chi connectivity index (χ2n) is 8.26. The third-order valence-electron chi connectivity index (χ3n) is 6.04. The number of hydrogen-bond acceptors (Lipinski definition) is 5. The lowest BCUT2D eigenvalue weighted by Crippen LogP contribution is -2.45. The Morgan fingerprint density at radius 1 is 1.03 bits per heavy atom. The standard InChI is InChI=1S/C25H27N5OS/c1-18-21-16-23(32-25(21)30(27-18)20-9-4-3-5-10-20)24(31)26-17-19-8-6-7-11-22(19)29-14-12-28(2)13-15-29/h3-11,16H,12-15,17H2,1-2H3,(H,26,31). The summed E-state index contributed by atoms with van der Waals surface area (Å²) in [7, 11) is 2.16. The predicted octanol–water partition coefficient (Wildman–Crippen LogP) is 4.08. The zero-order valence-electron chi connectivity index (χ0n) is 18.4. The second-order valence-corrected chi connectivity index (χ2v) is 9.29. The number of piperazine rings is 1. The Hall–Kier alpha value is -3.16. The maximum absolute atomic E-state index is 13.0. The number of aryl methyl sites for hydroxylation is 1. The maximum atomic E-state index is 13.0. The summed E-state index contributed by atoms with van der Waals surface area (Å²) in [5.74, 6) is -0.0432. The normalized spacial score (nSPS) is 14.8. The first kappa shape index (κ1) is 20.7. The lowest BCUT2D eigenvalue weighted by molar-refractivity contribution is 0.0955. The van der Waals surface area contributed by atoms with E-state index in [4.69, 9.17) is 0 Å². The van der Waals surface area contributed by atoms with Gasteiger partial charge in [-0.1, -0.05) is 36.4 Å². The van der Waals surface area contributed by atoms with Gasteiger partial charge in [-0.3, -0.25) is 4.79 Å². The molecule has 164 valence electrons. The quantitative estimate of drug-likeness (QED) is 0.503. The molecule has 2 aromatic carbocycles. The Morgan fingerprint density at radius 2 is 1.75 bits per heavy atom. The van der Waals surface area contributed by atoms with Crippen LogP contribution in [0.4, 0.5) is 5.69 Å². The van der Waals surface area contributed by atoms with Crippen LogP contribution in [0.5, 0.6) is 0 Å². The van der Waals surface area contributed by atoms with Crippen LogP contribution in [-0.2, 0) is 6.54 Å². The molecular weight excluding hydrogens is 418 g/mol. The number of thiophene rings is 1. The highest BCUT2D eigenvalue weighted by atomic mass is 32.1. The molecule has 0 unspecified atom stereocenters. The van der Waals surface area contributed by atoms with Crippen molar-refractivity contribution in [2.24, 2.45) is 0 Å². The van der Waals surface area contributed by atoms with E-state index in [2.05, 4.69) is 45.5 Å². The van der Waals surface area contributed by atoms with Crippen LogP contribution < -0.4 is 10.2 Å². The predicted molar refractivity (Wildman–Crippen MR) is 131 cm³/mol. The van der Waals surface area contributed by atoms with Crippen LogP contribution in [0, 0.1) is 6.92 Å². The minimum Gasteiger partial charge on any atom is -0.369 e. The largest absolute Gasteiger partial charge is 0.369 e. The minimum absolute atomic E-state index is 0.0432. The van der Waals surface area contributed by atoms with Crippen LogP contribution in [0.15, 0.2) is 60.7 Å². The molecule has 1 N–H and O–H groups in total. The van der Waals surface area contributed by atoms with Crippen LogP contribution in [-0.4, -0.2) is 53.8 Å². The highest BCUT2D eigenvalue weighted by molar-refractivity contribution is 7.20. The molecule has 4 aromatic rings. The number of carbonyl (C=O) groups excluding carboxylic acids is 1. The Balaban J connectivity index is 1.34. The number of nitrogens with zero attached hydrogens (tertiary/aromatic N) is 4. The van der Waals surface area contributed by atoms with Crippen LogP contribution in [0.3, 0.4) is 0 Å². The van der Waals surface area contributed by atoms with Crippen molar-refractivity contribution < 1.29 is 4.79 Å². The Kier molecular flexibility index (Phi) is 5.68. The molecule has 0 bridgehead atoms. The van der Waals surface area contributed by atoms with E-state index in [-0.39, 0.29) is 5.91 Å². The van der Waals surface area contributed by atoms with Crippen LogP contribution in [0.25, 0.3) is 15.9 Å². The fourth-order valence-electron chi connectivity index (χ4n) is 4.18. The molecule has 1 amide bonds. The molecule has 3 heterocycles. The first-order chi connectivity index (χ1) is 15.6. The molecule has 32 heavy (non-hydrogen) atoms. The lowest BCUT2D eigenvalue weighted by Gasteiger charge is -2.35. The zero-order chi connectivity index (χ0) is 22.1. The Labute approximate surface area is 192 Å². The third kappa shape index (κ3) is 4.01. The van der Waals surface area contributed by atoms with Gasteiger partial charge in [0, 0.05) is 43.8 Å². The molecular formula is C25H27N5OS. The number of rotatable bonds is 5. The molecule has 1 aliphatic heterocycles. The lowest BCUT2D eigenvalue weighted by atomic mass is 10.1. The molecule has 0 atom stereocenters. The zero-order valence-corrected chi connectivity index (χ0v) is 19.2. The van der Waals surface area contributed by atoms with Gasteiger partial charge >= 0.3 is 0 Å². The summed E-state index contributed by atoms with van der Waals surface area (Å²) in [6.07, 6.45) is 0. The summed E-state index contributed by atoms with van der Waals surface area (Å²) in [5.41, 5.74) is 4.30. The summed E-state index contributed by atoms with van der Waals surface area (Å²) >= 11 is 1.49. The Morgan fingerprint density at radius 3 is 2.53 bits per heavy atom. The summed E-state index contributed by atoms with van der Waals surface area (Å²) in [6.45, 7) is 6.63. The smallest absolute Gasteiger partial charge is 0.261 e. The van der Waals surface area contributed by atoms with E-state index in [1.165, 1.54) is 17.0 Å². The van der Waals surface area contributed by atoms with Crippen molar-refractivity contribution in [2.75, 3.05) is 38.1 Å². The highest BCUT2D eigenvalue weighted by Crippen LogP contribution is 2.30. The number of para-hydroxylation sites is 2. The number of fused-ring (bicyclic) bond motifs is 1. The monoisotopic (exact) mass is 445 g/mol. The van der Waals surface area contributed by atoms with Crippen molar-refractivity contribution in [3.05, 3.63) is 76.8 Å². The average molecular weight is 446 g/mol. The van der Waals surface area contributed by atoms with E-state index in [0.29, 0.717) is 11.4 Å². The van der Waals surface area contributed by atoms with Gasteiger partial charge in [0.1, 0.15) is 4.83 Å². The highest BCUT2D eigenvalue weighted by Gasteiger charge is 2.19. The molecule has 5 rings (SSSR count). The third-order valence-corrected chi connectivity index (χ3v) is 7.15. The average Bonchev–Trinajstić information content (AvgIpc) is 3.39. The van der Waals surface area contributed by atoms with Crippen molar-refractivity contribution in [1.29, 1.82) is 0 Å². The van der Waals surface area contributed by atoms with Crippen LogP contribution >= 0.6 is 11.3 Å². The van der Waals surface area contributed by atoms with Gasteiger partial charge in [-0.25, -0.2) is 4.68 Å². The van der Waals surface area contributed by atoms with E-state index in [1.54, 1.807) is 0 Å². The Bertz CT molecular complexity index is 1240. The molecule has 7 heteroatoms. The van der Waals surface area contributed by atoms with Gasteiger partial charge in [0.25, 0.3) is 5.91 Å². The molecule has 1 saturated heterocycles. The first-order valence-corrected chi connectivity index (χ1v) is 11.8. The molecule has 0 spiro atoms. The van der Waals surface area contributed by atoms with Crippen LogP contribution in [0.1, 0.15) is 20.9 Å². The maximum Gasteiger partial charge on any atom is 0.261 e. The van der Waals surface area contributed by atoms with Gasteiger partial charge in [0.05, 0.1) is 16.3 Å². The number of amides is 1. The van der Waals surface area contributed by atoms with Gasteiger partial charge in [0.15, 0.2) is 0 Å². The molecule has 0 radical (unpaired) electrons. The van der Waals surface area contributed by atoms with Crippen LogP contribution in [0.2, 0.25) is 0 Å². The summed E-state index contributed by atoms with van der Waals surface area (Å²) in [6, 6.07) is 20.4. The molecule has 1 aliphatic rings. The molecule has 6 nitrogen and oxygen atoms in total. The fraction of sp³-hybridized carbons (Fsp3) is 0.280. The minimum atomic E-state index is -0.0432.